The molecule has 0 fully saturated rings. The molecule has 1 rings (SSSR count). The molecule has 0 aliphatic carbocycles. The summed E-state index contributed by atoms with van der Waals surface area (Å²) in [6, 6.07) is 5.99. The Morgan fingerprint density at radius 3 is 1.94 bits per heavy atom. The lowest BCUT2D eigenvalue weighted by atomic mass is 10.2. The minimum atomic E-state index is -4.02. The number of hydrogen-bond donors (Lipinski definition) is 2. The Balaban J connectivity index is 0.000000366. The summed E-state index contributed by atoms with van der Waals surface area (Å²) in [4.78, 5) is -0.0666. The van der Waals surface area contributed by atoms with E-state index < -0.39 is 10.1 Å². The molecule has 0 saturated carbocycles. The maximum absolute atomic E-state index is 10.5. The van der Waals surface area contributed by atoms with Crippen LogP contribution in [-0.2, 0) is 10.1 Å². The van der Waals surface area contributed by atoms with Gasteiger partial charge >= 0.3 is 0 Å². The fourth-order valence-electron chi connectivity index (χ4n) is 1.13. The maximum Gasteiger partial charge on any atom is 0.294 e. The van der Waals surface area contributed by atoms with Gasteiger partial charge in [0.2, 0.25) is 0 Å². The smallest absolute Gasteiger partial charge is 0.294 e. The second-order valence-electron chi connectivity index (χ2n) is 3.93. The molecule has 0 spiro atoms. The minimum absolute atomic E-state index is 0.0666. The van der Waals surface area contributed by atoms with E-state index in [1.807, 2.05) is 13.8 Å². The van der Waals surface area contributed by atoms with Crippen LogP contribution in [-0.4, -0.2) is 24.2 Å². The Morgan fingerprint density at radius 2 is 1.71 bits per heavy atom. The van der Waals surface area contributed by atoms with Crippen LogP contribution >= 0.6 is 0 Å². The molecule has 0 aliphatic heterocycles. The Kier molecular flexibility index (Phi) is 7.03. The molecule has 2 N–H and O–H groups in total. The molecule has 17 heavy (non-hydrogen) atoms. The van der Waals surface area contributed by atoms with Crippen molar-refractivity contribution in [3.8, 4) is 0 Å². The van der Waals surface area contributed by atoms with Gasteiger partial charge in [-0.3, -0.25) is 4.55 Å². The van der Waals surface area contributed by atoms with E-state index in [4.69, 9.17) is 9.66 Å². The molecular weight excluding hydrogens is 240 g/mol. The van der Waals surface area contributed by atoms with E-state index in [1.54, 1.807) is 12.1 Å². The largest absolute Gasteiger partial charge is 0.393 e. The standard InChI is InChI=1S/C7H8O3S.C5H12O/c1-6-2-4-7(5-3-6)11(8,9)10;1-3-4-5(2)6/h2-5H,1H3,(H,8,9,10);5-6H,3-4H2,1-2H3/t;5-/m.0/s1. The summed E-state index contributed by atoms with van der Waals surface area (Å²) in [6.45, 7) is 5.71. The highest BCUT2D eigenvalue weighted by atomic mass is 32.2. The van der Waals surface area contributed by atoms with E-state index in [0.29, 0.717) is 0 Å². The Hall–Kier alpha value is -0.910. The van der Waals surface area contributed by atoms with Crippen LogP contribution in [0.25, 0.3) is 0 Å². The van der Waals surface area contributed by atoms with Gasteiger partial charge in [0.1, 0.15) is 0 Å². The lowest BCUT2D eigenvalue weighted by molar-refractivity contribution is 0.183. The van der Waals surface area contributed by atoms with Crippen LogP contribution in [0.3, 0.4) is 0 Å². The number of aliphatic hydroxyl groups is 1. The van der Waals surface area contributed by atoms with Crippen molar-refractivity contribution in [2.45, 2.75) is 44.6 Å². The van der Waals surface area contributed by atoms with Crippen molar-refractivity contribution in [3.63, 3.8) is 0 Å². The summed E-state index contributed by atoms with van der Waals surface area (Å²) in [5.74, 6) is 0. The molecule has 1 atom stereocenters. The van der Waals surface area contributed by atoms with Crippen LogP contribution in [0, 0.1) is 6.92 Å². The number of aliphatic hydroxyl groups excluding tert-OH is 1. The van der Waals surface area contributed by atoms with E-state index in [-0.39, 0.29) is 11.0 Å². The normalized spacial score (nSPS) is 12.5. The molecule has 0 aromatic heterocycles. The summed E-state index contributed by atoms with van der Waals surface area (Å²) >= 11 is 0. The van der Waals surface area contributed by atoms with Crippen molar-refractivity contribution in [1.82, 2.24) is 0 Å². The van der Waals surface area contributed by atoms with Crippen LogP contribution in [0.15, 0.2) is 29.2 Å². The fourth-order valence-corrected chi connectivity index (χ4v) is 1.61. The first-order chi connectivity index (χ1) is 7.77. The fraction of sp³-hybridized carbons (Fsp3) is 0.500. The van der Waals surface area contributed by atoms with Gasteiger partial charge in [0, 0.05) is 0 Å². The Labute approximate surface area is 103 Å². The molecule has 0 aliphatic rings. The van der Waals surface area contributed by atoms with Crippen LogP contribution in [0.1, 0.15) is 32.3 Å². The van der Waals surface area contributed by atoms with Crippen LogP contribution in [0.5, 0.6) is 0 Å². The zero-order valence-electron chi connectivity index (χ0n) is 10.4. The van der Waals surface area contributed by atoms with Gasteiger partial charge in [-0.15, -0.1) is 0 Å². The first-order valence-electron chi connectivity index (χ1n) is 5.49. The number of aryl methyl sites for hydroxylation is 1. The quantitative estimate of drug-likeness (QED) is 0.818. The molecular formula is C12H20O4S. The zero-order chi connectivity index (χ0) is 13.5. The van der Waals surface area contributed by atoms with E-state index >= 15 is 0 Å². The van der Waals surface area contributed by atoms with Gasteiger partial charge in [0.05, 0.1) is 11.0 Å². The predicted molar refractivity (Wildman–Crippen MR) is 67.6 cm³/mol. The van der Waals surface area contributed by atoms with Gasteiger partial charge < -0.3 is 5.11 Å². The van der Waals surface area contributed by atoms with Crippen molar-refractivity contribution in [2.24, 2.45) is 0 Å². The van der Waals surface area contributed by atoms with E-state index in [2.05, 4.69) is 6.92 Å². The number of hydrogen-bond acceptors (Lipinski definition) is 3. The average molecular weight is 260 g/mol. The zero-order valence-corrected chi connectivity index (χ0v) is 11.2. The molecule has 0 saturated heterocycles. The molecule has 0 amide bonds. The van der Waals surface area contributed by atoms with Gasteiger partial charge in [-0.2, -0.15) is 8.42 Å². The van der Waals surface area contributed by atoms with Crippen molar-refractivity contribution in [2.75, 3.05) is 0 Å². The molecule has 1 aromatic carbocycles. The second-order valence-corrected chi connectivity index (χ2v) is 5.35. The molecule has 1 aromatic rings. The minimum Gasteiger partial charge on any atom is -0.393 e. The first kappa shape index (κ1) is 16.1. The van der Waals surface area contributed by atoms with Crippen molar-refractivity contribution in [3.05, 3.63) is 29.8 Å². The highest BCUT2D eigenvalue weighted by Crippen LogP contribution is 2.08. The van der Waals surface area contributed by atoms with Gasteiger partial charge in [-0.1, -0.05) is 31.0 Å². The number of benzene rings is 1. The lowest BCUT2D eigenvalue weighted by Gasteiger charge is -1.95. The van der Waals surface area contributed by atoms with Gasteiger partial charge in [0.15, 0.2) is 0 Å². The molecule has 98 valence electrons. The average Bonchev–Trinajstić information content (AvgIpc) is 2.17. The summed E-state index contributed by atoms with van der Waals surface area (Å²) in [6.07, 6.45) is 1.91. The lowest BCUT2D eigenvalue weighted by Crippen LogP contribution is -1.96. The first-order valence-corrected chi connectivity index (χ1v) is 6.93. The summed E-state index contributed by atoms with van der Waals surface area (Å²) < 4.78 is 29.6. The summed E-state index contributed by atoms with van der Waals surface area (Å²) in [5, 5.41) is 8.55. The van der Waals surface area contributed by atoms with Crippen LogP contribution < -0.4 is 0 Å². The van der Waals surface area contributed by atoms with E-state index in [0.717, 1.165) is 18.4 Å². The number of rotatable bonds is 3. The molecule has 0 radical (unpaired) electrons. The highest BCUT2D eigenvalue weighted by Gasteiger charge is 2.06. The monoisotopic (exact) mass is 260 g/mol. The molecule has 0 unspecified atom stereocenters. The van der Waals surface area contributed by atoms with Gasteiger partial charge in [-0.25, -0.2) is 0 Å². The third-order valence-electron chi connectivity index (χ3n) is 2.03. The Morgan fingerprint density at radius 1 is 1.24 bits per heavy atom. The topological polar surface area (TPSA) is 74.6 Å². The van der Waals surface area contributed by atoms with E-state index in [9.17, 15) is 8.42 Å². The van der Waals surface area contributed by atoms with Crippen LogP contribution in [0.4, 0.5) is 0 Å². The molecule has 4 nitrogen and oxygen atoms in total. The van der Waals surface area contributed by atoms with Crippen molar-refractivity contribution in [1.29, 1.82) is 0 Å². The predicted octanol–water partition coefficient (Wildman–Crippen LogP) is 2.41. The SMILES string of the molecule is CCC[C@H](C)O.Cc1ccc(S(=O)(=O)O)cc1. The second kappa shape index (κ2) is 7.42. The van der Waals surface area contributed by atoms with Crippen molar-refractivity contribution >= 4 is 10.1 Å². The summed E-state index contributed by atoms with van der Waals surface area (Å²) in [7, 11) is -4.02. The molecule has 0 bridgehead atoms. The third-order valence-corrected chi connectivity index (χ3v) is 2.89. The molecule has 0 heterocycles. The van der Waals surface area contributed by atoms with Gasteiger partial charge in [-0.05, 0) is 32.4 Å². The van der Waals surface area contributed by atoms with E-state index in [1.165, 1.54) is 12.1 Å². The van der Waals surface area contributed by atoms with Crippen LogP contribution in [0.2, 0.25) is 0 Å². The Bertz CT molecular complexity index is 407. The van der Waals surface area contributed by atoms with Crippen molar-refractivity contribution < 1.29 is 18.1 Å². The molecule has 5 heteroatoms. The van der Waals surface area contributed by atoms with Gasteiger partial charge in [0.25, 0.3) is 10.1 Å². The highest BCUT2D eigenvalue weighted by molar-refractivity contribution is 7.85. The maximum atomic E-state index is 10.5. The summed E-state index contributed by atoms with van der Waals surface area (Å²) in [5.41, 5.74) is 0.956. The third kappa shape index (κ3) is 7.90.